The summed E-state index contributed by atoms with van der Waals surface area (Å²) in [7, 11) is 0. The number of aromatic nitrogens is 2. The molecule has 0 bridgehead atoms. The summed E-state index contributed by atoms with van der Waals surface area (Å²) in [6, 6.07) is 2.17. The van der Waals surface area contributed by atoms with Crippen LogP contribution in [0.4, 0.5) is 0 Å². The fraction of sp³-hybridized carbons (Fsp3) is 0.714. The van der Waals surface area contributed by atoms with Gasteiger partial charge in [-0.2, -0.15) is 5.10 Å². The average molecular weight is 234 g/mol. The van der Waals surface area contributed by atoms with E-state index in [0.29, 0.717) is 11.7 Å². The van der Waals surface area contributed by atoms with Gasteiger partial charge in [0, 0.05) is 25.1 Å². The zero-order valence-corrected chi connectivity index (χ0v) is 10.9. The topological polar surface area (TPSA) is 34.9 Å². The van der Waals surface area contributed by atoms with E-state index in [9.17, 15) is 4.79 Å². The van der Waals surface area contributed by atoms with Crippen molar-refractivity contribution < 1.29 is 4.79 Å². The summed E-state index contributed by atoms with van der Waals surface area (Å²) in [4.78, 5) is 11.6. The van der Waals surface area contributed by atoms with Gasteiger partial charge in [-0.15, -0.1) is 0 Å². The van der Waals surface area contributed by atoms with Gasteiger partial charge < -0.3 is 0 Å². The first-order valence-corrected chi connectivity index (χ1v) is 6.74. The maximum Gasteiger partial charge on any atom is 0.133 e. The SMILES string of the molecule is CCn1nc(C)cc1CC1CCCCC(=O)C1. The van der Waals surface area contributed by atoms with Crippen molar-refractivity contribution in [3.8, 4) is 0 Å². The van der Waals surface area contributed by atoms with E-state index in [-0.39, 0.29) is 0 Å². The van der Waals surface area contributed by atoms with Gasteiger partial charge in [0.25, 0.3) is 0 Å². The molecular formula is C14H22N2O. The van der Waals surface area contributed by atoms with Crippen LogP contribution in [0.15, 0.2) is 6.07 Å². The van der Waals surface area contributed by atoms with E-state index in [4.69, 9.17) is 0 Å². The van der Waals surface area contributed by atoms with Crippen LogP contribution in [-0.4, -0.2) is 15.6 Å². The van der Waals surface area contributed by atoms with E-state index < -0.39 is 0 Å². The third kappa shape index (κ3) is 3.18. The van der Waals surface area contributed by atoms with Crippen LogP contribution in [-0.2, 0) is 17.8 Å². The third-order valence-electron chi connectivity index (χ3n) is 3.62. The number of ketones is 1. The molecule has 1 aromatic heterocycles. The molecule has 94 valence electrons. The van der Waals surface area contributed by atoms with E-state index in [0.717, 1.165) is 37.9 Å². The number of carbonyl (C=O) groups excluding carboxylic acids is 1. The Balaban J connectivity index is 2.05. The van der Waals surface area contributed by atoms with Crippen molar-refractivity contribution in [3.05, 3.63) is 17.5 Å². The number of rotatable bonds is 3. The van der Waals surface area contributed by atoms with Gasteiger partial charge in [-0.3, -0.25) is 9.48 Å². The van der Waals surface area contributed by atoms with Gasteiger partial charge in [-0.1, -0.05) is 6.42 Å². The molecule has 3 heteroatoms. The number of aryl methyl sites for hydroxylation is 2. The Morgan fingerprint density at radius 1 is 1.47 bits per heavy atom. The largest absolute Gasteiger partial charge is 0.300 e. The summed E-state index contributed by atoms with van der Waals surface area (Å²) in [6.07, 6.45) is 6.06. The number of hydrogen-bond acceptors (Lipinski definition) is 2. The zero-order chi connectivity index (χ0) is 12.3. The minimum absolute atomic E-state index is 0.451. The highest BCUT2D eigenvalue weighted by Crippen LogP contribution is 2.24. The normalized spacial score (nSPS) is 21.5. The van der Waals surface area contributed by atoms with Crippen molar-refractivity contribution in [1.82, 2.24) is 9.78 Å². The molecule has 1 saturated carbocycles. The van der Waals surface area contributed by atoms with E-state index in [2.05, 4.69) is 22.8 Å². The lowest BCUT2D eigenvalue weighted by Crippen LogP contribution is -2.12. The van der Waals surface area contributed by atoms with Gasteiger partial charge in [-0.05, 0) is 45.1 Å². The lowest BCUT2D eigenvalue weighted by Gasteiger charge is -2.13. The molecule has 2 rings (SSSR count). The van der Waals surface area contributed by atoms with Crippen LogP contribution >= 0.6 is 0 Å². The smallest absolute Gasteiger partial charge is 0.133 e. The second kappa shape index (κ2) is 5.48. The summed E-state index contributed by atoms with van der Waals surface area (Å²) < 4.78 is 2.07. The Kier molecular flexibility index (Phi) is 3.97. The summed E-state index contributed by atoms with van der Waals surface area (Å²) in [5.74, 6) is 0.984. The molecule has 17 heavy (non-hydrogen) atoms. The molecule has 0 spiro atoms. The van der Waals surface area contributed by atoms with Gasteiger partial charge in [0.05, 0.1) is 5.69 Å². The Hall–Kier alpha value is -1.12. The predicted molar refractivity (Wildman–Crippen MR) is 67.9 cm³/mol. The van der Waals surface area contributed by atoms with Crippen molar-refractivity contribution >= 4 is 5.78 Å². The van der Waals surface area contributed by atoms with Crippen molar-refractivity contribution in [2.75, 3.05) is 0 Å². The molecule has 0 amide bonds. The molecule has 1 fully saturated rings. The highest BCUT2D eigenvalue weighted by molar-refractivity contribution is 5.78. The molecule has 0 aromatic carbocycles. The van der Waals surface area contributed by atoms with Crippen molar-refractivity contribution in [2.24, 2.45) is 5.92 Å². The van der Waals surface area contributed by atoms with Crippen LogP contribution < -0.4 is 0 Å². The lowest BCUT2D eigenvalue weighted by atomic mass is 9.94. The molecule has 0 radical (unpaired) electrons. The van der Waals surface area contributed by atoms with E-state index >= 15 is 0 Å². The van der Waals surface area contributed by atoms with Crippen LogP contribution in [0.25, 0.3) is 0 Å². The number of carbonyl (C=O) groups is 1. The Morgan fingerprint density at radius 3 is 3.06 bits per heavy atom. The van der Waals surface area contributed by atoms with Gasteiger partial charge in [0.15, 0.2) is 0 Å². The molecule has 1 atom stereocenters. The minimum Gasteiger partial charge on any atom is -0.300 e. The molecule has 1 aliphatic carbocycles. The molecule has 0 N–H and O–H groups in total. The van der Waals surface area contributed by atoms with Crippen LogP contribution in [0.5, 0.6) is 0 Å². The summed E-state index contributed by atoms with van der Waals surface area (Å²) in [5.41, 5.74) is 2.38. The minimum atomic E-state index is 0.451. The highest BCUT2D eigenvalue weighted by Gasteiger charge is 2.19. The molecule has 0 saturated heterocycles. The van der Waals surface area contributed by atoms with Crippen LogP contribution in [0.3, 0.4) is 0 Å². The fourth-order valence-electron chi connectivity index (χ4n) is 2.79. The second-order valence-corrected chi connectivity index (χ2v) is 5.15. The van der Waals surface area contributed by atoms with E-state index in [1.807, 2.05) is 6.92 Å². The lowest BCUT2D eigenvalue weighted by molar-refractivity contribution is -0.119. The Morgan fingerprint density at radius 2 is 2.29 bits per heavy atom. The molecule has 1 aliphatic rings. The third-order valence-corrected chi connectivity index (χ3v) is 3.62. The number of hydrogen-bond donors (Lipinski definition) is 0. The molecule has 0 aliphatic heterocycles. The maximum absolute atomic E-state index is 11.6. The molecule has 1 aromatic rings. The monoisotopic (exact) mass is 234 g/mol. The van der Waals surface area contributed by atoms with Gasteiger partial charge in [-0.25, -0.2) is 0 Å². The van der Waals surface area contributed by atoms with Gasteiger partial charge >= 0.3 is 0 Å². The number of nitrogens with zero attached hydrogens (tertiary/aromatic N) is 2. The summed E-state index contributed by atoms with van der Waals surface area (Å²) in [6.45, 7) is 5.08. The van der Waals surface area contributed by atoms with Crippen LogP contribution in [0.2, 0.25) is 0 Å². The molecular weight excluding hydrogens is 212 g/mol. The first kappa shape index (κ1) is 12.3. The maximum atomic E-state index is 11.6. The van der Waals surface area contributed by atoms with Crippen LogP contribution in [0.1, 0.15) is 50.4 Å². The second-order valence-electron chi connectivity index (χ2n) is 5.15. The summed E-state index contributed by atoms with van der Waals surface area (Å²) >= 11 is 0. The number of Topliss-reactive ketones (excluding diaryl/α,β-unsaturated/α-hetero) is 1. The molecule has 1 unspecified atom stereocenters. The highest BCUT2D eigenvalue weighted by atomic mass is 16.1. The van der Waals surface area contributed by atoms with Crippen molar-refractivity contribution in [3.63, 3.8) is 0 Å². The predicted octanol–water partition coefficient (Wildman–Crippen LogP) is 2.90. The first-order chi connectivity index (χ1) is 8.19. The Bertz CT molecular complexity index is 395. The first-order valence-electron chi connectivity index (χ1n) is 6.74. The molecule has 1 heterocycles. The van der Waals surface area contributed by atoms with Crippen molar-refractivity contribution in [2.45, 2.75) is 58.9 Å². The summed E-state index contributed by atoms with van der Waals surface area (Å²) in [5, 5.41) is 4.47. The van der Waals surface area contributed by atoms with Gasteiger partial charge in [0.2, 0.25) is 0 Å². The van der Waals surface area contributed by atoms with Crippen LogP contribution in [0, 0.1) is 12.8 Å². The molecule has 3 nitrogen and oxygen atoms in total. The quantitative estimate of drug-likeness (QED) is 0.754. The zero-order valence-electron chi connectivity index (χ0n) is 10.9. The van der Waals surface area contributed by atoms with Gasteiger partial charge in [0.1, 0.15) is 5.78 Å². The van der Waals surface area contributed by atoms with Crippen molar-refractivity contribution in [1.29, 1.82) is 0 Å². The fourth-order valence-corrected chi connectivity index (χ4v) is 2.79. The van der Waals surface area contributed by atoms with E-state index in [1.54, 1.807) is 0 Å². The average Bonchev–Trinajstić information content (AvgIpc) is 2.50. The standard InChI is InChI=1S/C14H22N2O/c1-3-16-13(8-11(2)15-16)9-12-6-4-5-7-14(17)10-12/h8,12H,3-7,9-10H2,1-2H3. The Labute approximate surface area is 103 Å². The van der Waals surface area contributed by atoms with E-state index in [1.165, 1.54) is 18.5 Å².